The lowest BCUT2D eigenvalue weighted by atomic mass is 9.98. The molecular weight excluding hydrogens is 367 g/mol. The van der Waals surface area contributed by atoms with E-state index in [1.54, 1.807) is 24.5 Å². The van der Waals surface area contributed by atoms with E-state index in [0.717, 1.165) is 22.6 Å². The number of aryl methyl sites for hydroxylation is 1. The molecule has 0 saturated carbocycles. The monoisotopic (exact) mass is 382 g/mol. The van der Waals surface area contributed by atoms with Crippen molar-refractivity contribution < 1.29 is 8.81 Å². The zero-order valence-corrected chi connectivity index (χ0v) is 15.6. The number of hydrogen-bond donors (Lipinski definition) is 0. The van der Waals surface area contributed by atoms with E-state index in [-0.39, 0.29) is 5.82 Å². The number of aromatic nitrogens is 3. The van der Waals surface area contributed by atoms with E-state index in [4.69, 9.17) is 15.8 Å². The minimum atomic E-state index is -0.334. The number of nitrogens with zero attached hydrogens (tertiary/aromatic N) is 4. The summed E-state index contributed by atoms with van der Waals surface area (Å²) in [6, 6.07) is 12.2. The maximum absolute atomic E-state index is 14.6. The first-order chi connectivity index (χ1) is 14.2. The largest absolute Gasteiger partial charge is 0.441 e. The van der Waals surface area contributed by atoms with Gasteiger partial charge in [-0.25, -0.2) is 14.4 Å². The highest BCUT2D eigenvalue weighted by Crippen LogP contribution is 2.32. The molecule has 0 fully saturated rings. The molecule has 5 nitrogen and oxygen atoms in total. The minimum absolute atomic E-state index is 0.305. The lowest BCUT2D eigenvalue weighted by molar-refractivity contribution is 0.568. The predicted octanol–water partition coefficient (Wildman–Crippen LogP) is 4.31. The number of halogens is 1. The van der Waals surface area contributed by atoms with Crippen molar-refractivity contribution in [2.45, 2.75) is 13.5 Å². The SMILES string of the molecule is C#Cc1ccc2c(c1)C(c1ccccc1F)=NCc1c(-c3ocnc3C)ncn1-2. The summed E-state index contributed by atoms with van der Waals surface area (Å²) < 4.78 is 22.1. The summed E-state index contributed by atoms with van der Waals surface area (Å²) >= 11 is 0. The average molecular weight is 382 g/mol. The van der Waals surface area contributed by atoms with Gasteiger partial charge < -0.3 is 4.42 Å². The second kappa shape index (κ2) is 6.57. The summed E-state index contributed by atoms with van der Waals surface area (Å²) in [7, 11) is 0. The number of aliphatic imine (C=N–C) groups is 1. The van der Waals surface area contributed by atoms with Crippen molar-refractivity contribution in [1.82, 2.24) is 14.5 Å². The van der Waals surface area contributed by atoms with Crippen LogP contribution in [0.25, 0.3) is 17.1 Å². The Morgan fingerprint density at radius 1 is 1.14 bits per heavy atom. The Hall–Kier alpha value is -3.98. The molecule has 29 heavy (non-hydrogen) atoms. The highest BCUT2D eigenvalue weighted by atomic mass is 19.1. The van der Waals surface area contributed by atoms with Crippen LogP contribution in [-0.4, -0.2) is 20.2 Å². The van der Waals surface area contributed by atoms with E-state index >= 15 is 0 Å². The third-order valence-electron chi connectivity index (χ3n) is 5.02. The van der Waals surface area contributed by atoms with Crippen LogP contribution in [0.3, 0.4) is 0 Å². The first kappa shape index (κ1) is 17.1. The van der Waals surface area contributed by atoms with Gasteiger partial charge in [0, 0.05) is 16.7 Å². The van der Waals surface area contributed by atoms with E-state index in [1.807, 2.05) is 29.7 Å². The Morgan fingerprint density at radius 3 is 2.76 bits per heavy atom. The lowest BCUT2D eigenvalue weighted by Gasteiger charge is -2.13. The molecule has 0 N–H and O–H groups in total. The van der Waals surface area contributed by atoms with Gasteiger partial charge in [-0.1, -0.05) is 18.1 Å². The van der Waals surface area contributed by atoms with Gasteiger partial charge in [-0.2, -0.15) is 0 Å². The molecule has 0 aliphatic carbocycles. The second-order valence-corrected chi connectivity index (χ2v) is 6.70. The third kappa shape index (κ3) is 2.67. The van der Waals surface area contributed by atoms with E-state index in [1.165, 1.54) is 12.5 Å². The number of benzene rings is 2. The van der Waals surface area contributed by atoms with Crippen molar-refractivity contribution in [3.8, 4) is 29.5 Å². The van der Waals surface area contributed by atoms with Crippen molar-refractivity contribution in [1.29, 1.82) is 0 Å². The van der Waals surface area contributed by atoms with Crippen LogP contribution in [0.15, 0.2) is 64.6 Å². The summed E-state index contributed by atoms with van der Waals surface area (Å²) in [5, 5.41) is 0. The average Bonchev–Trinajstić information content (AvgIpc) is 3.31. The van der Waals surface area contributed by atoms with Crippen molar-refractivity contribution in [3.05, 3.63) is 89.1 Å². The molecule has 2 aromatic carbocycles. The smallest absolute Gasteiger partial charge is 0.181 e. The number of terminal acetylenes is 1. The number of fused-ring (bicyclic) bond motifs is 3. The van der Waals surface area contributed by atoms with Crippen LogP contribution in [0, 0.1) is 25.1 Å². The van der Waals surface area contributed by atoms with Crippen LogP contribution in [0.1, 0.15) is 28.1 Å². The molecule has 3 heterocycles. The van der Waals surface area contributed by atoms with Gasteiger partial charge in [-0.15, -0.1) is 6.42 Å². The number of oxazole rings is 1. The highest BCUT2D eigenvalue weighted by Gasteiger charge is 2.25. The molecule has 4 aromatic rings. The summed E-state index contributed by atoms with van der Waals surface area (Å²) in [6.45, 7) is 2.17. The quantitative estimate of drug-likeness (QED) is 0.486. The molecule has 0 radical (unpaired) electrons. The Labute approximate surface area is 166 Å². The Morgan fingerprint density at radius 2 is 2.00 bits per heavy atom. The lowest BCUT2D eigenvalue weighted by Crippen LogP contribution is -2.09. The fourth-order valence-corrected chi connectivity index (χ4v) is 3.60. The molecule has 140 valence electrons. The fourth-order valence-electron chi connectivity index (χ4n) is 3.60. The van der Waals surface area contributed by atoms with Gasteiger partial charge in [0.1, 0.15) is 17.8 Å². The van der Waals surface area contributed by atoms with Gasteiger partial charge in [-0.05, 0) is 37.3 Å². The van der Waals surface area contributed by atoms with Crippen LogP contribution in [-0.2, 0) is 6.54 Å². The van der Waals surface area contributed by atoms with Crippen molar-refractivity contribution in [3.63, 3.8) is 0 Å². The molecule has 5 rings (SSSR count). The molecule has 6 heteroatoms. The normalized spacial score (nSPS) is 12.5. The molecule has 1 aliphatic heterocycles. The highest BCUT2D eigenvalue weighted by molar-refractivity contribution is 6.15. The molecule has 0 unspecified atom stereocenters. The van der Waals surface area contributed by atoms with Crippen LogP contribution in [0.4, 0.5) is 4.39 Å². The molecule has 1 aliphatic rings. The van der Waals surface area contributed by atoms with E-state index in [9.17, 15) is 4.39 Å². The fraction of sp³-hybridized carbons (Fsp3) is 0.0870. The Balaban J connectivity index is 1.78. The van der Waals surface area contributed by atoms with E-state index < -0.39 is 0 Å². The zero-order valence-electron chi connectivity index (χ0n) is 15.6. The molecule has 0 atom stereocenters. The maximum atomic E-state index is 14.6. The van der Waals surface area contributed by atoms with Gasteiger partial charge in [0.25, 0.3) is 0 Å². The number of hydrogen-bond acceptors (Lipinski definition) is 4. The van der Waals surface area contributed by atoms with Gasteiger partial charge in [0.2, 0.25) is 0 Å². The van der Waals surface area contributed by atoms with E-state index in [0.29, 0.717) is 34.8 Å². The first-order valence-electron chi connectivity index (χ1n) is 9.05. The molecule has 0 bridgehead atoms. The second-order valence-electron chi connectivity index (χ2n) is 6.70. The molecule has 2 aromatic heterocycles. The van der Waals surface area contributed by atoms with Crippen molar-refractivity contribution in [2.75, 3.05) is 0 Å². The summed E-state index contributed by atoms with van der Waals surface area (Å²) in [5.41, 5.74) is 5.52. The zero-order chi connectivity index (χ0) is 20.0. The van der Waals surface area contributed by atoms with Crippen LogP contribution in [0.5, 0.6) is 0 Å². The molecule has 0 saturated heterocycles. The summed E-state index contributed by atoms with van der Waals surface area (Å²) in [6.07, 6.45) is 8.73. The first-order valence-corrected chi connectivity index (χ1v) is 9.05. The maximum Gasteiger partial charge on any atom is 0.181 e. The van der Waals surface area contributed by atoms with Crippen LogP contribution in [0.2, 0.25) is 0 Å². The van der Waals surface area contributed by atoms with Gasteiger partial charge in [0.15, 0.2) is 12.2 Å². The van der Waals surface area contributed by atoms with Gasteiger partial charge in [0.05, 0.1) is 29.3 Å². The Bertz CT molecular complexity index is 1320. The topological polar surface area (TPSA) is 56.2 Å². The molecule has 0 spiro atoms. The third-order valence-corrected chi connectivity index (χ3v) is 5.02. The minimum Gasteiger partial charge on any atom is -0.441 e. The Kier molecular flexibility index (Phi) is 3.88. The van der Waals surface area contributed by atoms with Crippen molar-refractivity contribution >= 4 is 5.71 Å². The molecular formula is C23H15FN4O. The molecule has 0 amide bonds. The van der Waals surface area contributed by atoms with Crippen LogP contribution >= 0.6 is 0 Å². The van der Waals surface area contributed by atoms with Gasteiger partial charge in [-0.3, -0.25) is 9.56 Å². The van der Waals surface area contributed by atoms with Crippen LogP contribution < -0.4 is 0 Å². The van der Waals surface area contributed by atoms with E-state index in [2.05, 4.69) is 15.9 Å². The summed E-state index contributed by atoms with van der Waals surface area (Å²) in [5.74, 6) is 2.91. The number of imidazole rings is 1. The van der Waals surface area contributed by atoms with Gasteiger partial charge >= 0.3 is 0 Å². The van der Waals surface area contributed by atoms with Crippen molar-refractivity contribution in [2.24, 2.45) is 4.99 Å². The number of rotatable bonds is 2. The predicted molar refractivity (Wildman–Crippen MR) is 107 cm³/mol. The standard InChI is InChI=1S/C23H15FN4O/c1-3-15-8-9-19-17(10-15)21(16-6-4-5-7-18(16)24)25-11-20-22(26-12-28(19)20)23-14(2)27-13-29-23/h1,4-10,12-13H,11H2,2H3. The summed E-state index contributed by atoms with van der Waals surface area (Å²) in [4.78, 5) is 13.5.